The number of nitrogens with zero attached hydrogens (tertiary/aromatic N) is 1. The van der Waals surface area contributed by atoms with Crippen LogP contribution in [-0.2, 0) is 0 Å². The number of carbonyl (C=O) groups is 1. The van der Waals surface area contributed by atoms with Crippen molar-refractivity contribution in [2.24, 2.45) is 0 Å². The van der Waals surface area contributed by atoms with Crippen LogP contribution >= 0.6 is 0 Å². The number of rotatable bonds is 8. The van der Waals surface area contributed by atoms with Crippen molar-refractivity contribution in [3.8, 4) is 16.9 Å². The Balaban J connectivity index is 1.85. The SMILES string of the molecule is COc1cccc(C(CCO)NC(=O)c2cncc(-c3ccc(N)c(C=N)c3)c2)c1. The number of nitrogens with one attached hydrogen (secondary N) is 2. The summed E-state index contributed by atoms with van der Waals surface area (Å²) in [6.45, 7) is -0.0711. The molecule has 0 fully saturated rings. The van der Waals surface area contributed by atoms with E-state index in [0.29, 0.717) is 29.0 Å². The molecule has 1 atom stereocenters. The summed E-state index contributed by atoms with van der Waals surface area (Å²) in [7, 11) is 1.58. The standard InChI is InChI=1S/C23H24N4O3/c1-30-20-4-2-3-16(11-20)22(7-8-28)27-23(29)19-10-18(13-26-14-19)15-5-6-21(25)17(9-15)12-24/h2-6,9-14,22,24,28H,7-8,25H2,1H3,(H,27,29). The molecule has 0 saturated carbocycles. The Morgan fingerprint density at radius 1 is 1.23 bits per heavy atom. The van der Waals surface area contributed by atoms with Gasteiger partial charge in [-0.2, -0.15) is 0 Å². The fourth-order valence-electron chi connectivity index (χ4n) is 3.15. The van der Waals surface area contributed by atoms with E-state index in [1.54, 1.807) is 31.5 Å². The Morgan fingerprint density at radius 2 is 2.07 bits per heavy atom. The summed E-state index contributed by atoms with van der Waals surface area (Å²) in [6, 6.07) is 14.1. The molecule has 154 valence electrons. The number of anilines is 1. The number of aliphatic hydroxyl groups excluding tert-OH is 1. The lowest BCUT2D eigenvalue weighted by Gasteiger charge is -2.19. The van der Waals surface area contributed by atoms with Crippen LogP contribution in [0.25, 0.3) is 11.1 Å². The zero-order valence-electron chi connectivity index (χ0n) is 16.6. The molecule has 0 aliphatic rings. The average Bonchev–Trinajstić information content (AvgIpc) is 2.79. The number of pyridine rings is 1. The van der Waals surface area contributed by atoms with Crippen LogP contribution in [0.3, 0.4) is 0 Å². The molecular weight excluding hydrogens is 380 g/mol. The summed E-state index contributed by atoms with van der Waals surface area (Å²) < 4.78 is 5.25. The molecule has 1 aromatic heterocycles. The summed E-state index contributed by atoms with van der Waals surface area (Å²) in [4.78, 5) is 17.1. The third-order valence-corrected chi connectivity index (χ3v) is 4.80. The van der Waals surface area contributed by atoms with Gasteiger partial charge in [-0.1, -0.05) is 18.2 Å². The van der Waals surface area contributed by atoms with Gasteiger partial charge < -0.3 is 26.3 Å². The van der Waals surface area contributed by atoms with E-state index >= 15 is 0 Å². The number of ether oxygens (including phenoxy) is 1. The van der Waals surface area contributed by atoms with E-state index in [9.17, 15) is 9.90 Å². The van der Waals surface area contributed by atoms with Crippen LogP contribution in [0.4, 0.5) is 5.69 Å². The molecule has 3 rings (SSSR count). The first-order valence-corrected chi connectivity index (χ1v) is 9.46. The van der Waals surface area contributed by atoms with Crippen LogP contribution in [-0.4, -0.2) is 35.9 Å². The maximum absolute atomic E-state index is 12.9. The third kappa shape index (κ3) is 4.82. The van der Waals surface area contributed by atoms with Crippen molar-refractivity contribution in [2.45, 2.75) is 12.5 Å². The molecule has 7 heteroatoms. The number of nitrogens with two attached hydrogens (primary N) is 1. The minimum absolute atomic E-state index is 0.0711. The minimum atomic E-state index is -0.373. The molecule has 5 N–H and O–H groups in total. The van der Waals surface area contributed by atoms with Gasteiger partial charge >= 0.3 is 0 Å². The first-order chi connectivity index (χ1) is 14.5. The summed E-state index contributed by atoms with van der Waals surface area (Å²) >= 11 is 0. The monoisotopic (exact) mass is 404 g/mol. The second-order valence-corrected chi connectivity index (χ2v) is 6.77. The van der Waals surface area contributed by atoms with Crippen LogP contribution in [0.2, 0.25) is 0 Å². The van der Waals surface area contributed by atoms with E-state index in [0.717, 1.165) is 16.7 Å². The van der Waals surface area contributed by atoms with Gasteiger partial charge in [0.2, 0.25) is 0 Å². The first-order valence-electron chi connectivity index (χ1n) is 9.46. The molecule has 1 heterocycles. The second kappa shape index (κ2) is 9.67. The van der Waals surface area contributed by atoms with Gasteiger partial charge in [0.25, 0.3) is 5.91 Å². The molecular formula is C23H24N4O3. The predicted molar refractivity (Wildman–Crippen MR) is 117 cm³/mol. The van der Waals surface area contributed by atoms with Crippen LogP contribution in [0.15, 0.2) is 60.9 Å². The number of amides is 1. The normalized spacial score (nSPS) is 11.5. The summed E-state index contributed by atoms with van der Waals surface area (Å²) in [5, 5.41) is 19.9. The smallest absolute Gasteiger partial charge is 0.253 e. The van der Waals surface area contributed by atoms with Gasteiger partial charge in [-0.25, -0.2) is 0 Å². The Kier molecular flexibility index (Phi) is 6.77. The van der Waals surface area contributed by atoms with Gasteiger partial charge in [0.15, 0.2) is 0 Å². The van der Waals surface area contributed by atoms with Crippen molar-refractivity contribution in [1.29, 1.82) is 5.41 Å². The van der Waals surface area contributed by atoms with Crippen LogP contribution in [0.1, 0.15) is 33.9 Å². The highest BCUT2D eigenvalue weighted by Crippen LogP contribution is 2.25. The number of benzene rings is 2. The van der Waals surface area contributed by atoms with Gasteiger partial charge in [-0.3, -0.25) is 9.78 Å². The highest BCUT2D eigenvalue weighted by Gasteiger charge is 2.17. The lowest BCUT2D eigenvalue weighted by molar-refractivity contribution is 0.0929. The molecule has 3 aromatic rings. The molecule has 0 saturated heterocycles. The van der Waals surface area contributed by atoms with Gasteiger partial charge in [-0.05, 0) is 47.9 Å². The lowest BCUT2D eigenvalue weighted by atomic mass is 10.0. The maximum atomic E-state index is 12.9. The van der Waals surface area contributed by atoms with E-state index in [1.807, 2.05) is 30.3 Å². The van der Waals surface area contributed by atoms with Crippen molar-refractivity contribution < 1.29 is 14.6 Å². The zero-order valence-corrected chi connectivity index (χ0v) is 16.6. The van der Waals surface area contributed by atoms with Crippen LogP contribution in [0, 0.1) is 5.41 Å². The molecule has 0 spiro atoms. The highest BCUT2D eigenvalue weighted by molar-refractivity contribution is 5.95. The Hall–Kier alpha value is -3.71. The van der Waals surface area contributed by atoms with E-state index < -0.39 is 0 Å². The van der Waals surface area contributed by atoms with E-state index in [1.165, 1.54) is 12.4 Å². The van der Waals surface area contributed by atoms with Gasteiger partial charge in [0.05, 0.1) is 18.7 Å². The van der Waals surface area contributed by atoms with Crippen molar-refractivity contribution in [1.82, 2.24) is 10.3 Å². The molecule has 0 aliphatic carbocycles. The number of aromatic nitrogens is 1. The number of carbonyl (C=O) groups excluding carboxylic acids is 1. The Labute approximate surface area is 175 Å². The topological polar surface area (TPSA) is 121 Å². The van der Waals surface area contributed by atoms with Gasteiger partial charge in [0.1, 0.15) is 5.75 Å². The van der Waals surface area contributed by atoms with Crippen molar-refractivity contribution >= 4 is 17.8 Å². The van der Waals surface area contributed by atoms with E-state index in [4.69, 9.17) is 15.9 Å². The number of hydrogen-bond acceptors (Lipinski definition) is 6. The molecule has 7 nitrogen and oxygen atoms in total. The van der Waals surface area contributed by atoms with Crippen molar-refractivity contribution in [3.05, 3.63) is 77.6 Å². The molecule has 1 unspecified atom stereocenters. The molecule has 2 aromatic carbocycles. The molecule has 0 aliphatic heterocycles. The summed E-state index contributed by atoms with van der Waals surface area (Å²) in [5.74, 6) is 0.382. The quantitative estimate of drug-likeness (QED) is 0.339. The number of methoxy groups -OCH3 is 1. The van der Waals surface area contributed by atoms with Crippen molar-refractivity contribution in [2.75, 3.05) is 19.5 Å². The molecule has 1 amide bonds. The zero-order chi connectivity index (χ0) is 21.5. The number of nitrogen functional groups attached to an aromatic ring is 1. The summed E-state index contributed by atoms with van der Waals surface area (Å²) in [5.41, 5.74) is 9.76. The number of aliphatic hydroxyl groups is 1. The molecule has 0 radical (unpaired) electrons. The largest absolute Gasteiger partial charge is 0.497 e. The fraction of sp³-hybridized carbons (Fsp3) is 0.174. The van der Waals surface area contributed by atoms with Gasteiger partial charge in [-0.15, -0.1) is 0 Å². The van der Waals surface area contributed by atoms with Crippen LogP contribution < -0.4 is 15.8 Å². The lowest BCUT2D eigenvalue weighted by Crippen LogP contribution is -2.29. The van der Waals surface area contributed by atoms with E-state index in [-0.39, 0.29) is 18.6 Å². The third-order valence-electron chi connectivity index (χ3n) is 4.80. The maximum Gasteiger partial charge on any atom is 0.253 e. The first kappa shape index (κ1) is 21.0. The Bertz CT molecular complexity index is 1050. The molecule has 30 heavy (non-hydrogen) atoms. The number of hydrogen-bond donors (Lipinski definition) is 4. The molecule has 0 bridgehead atoms. The highest BCUT2D eigenvalue weighted by atomic mass is 16.5. The second-order valence-electron chi connectivity index (χ2n) is 6.77. The average molecular weight is 404 g/mol. The minimum Gasteiger partial charge on any atom is -0.497 e. The predicted octanol–water partition coefficient (Wildman–Crippen LogP) is 3.19. The fourth-order valence-corrected chi connectivity index (χ4v) is 3.15. The summed E-state index contributed by atoms with van der Waals surface area (Å²) in [6.07, 6.45) is 4.71. The van der Waals surface area contributed by atoms with Crippen LogP contribution in [0.5, 0.6) is 5.75 Å². The van der Waals surface area contributed by atoms with Crippen molar-refractivity contribution in [3.63, 3.8) is 0 Å². The van der Waals surface area contributed by atoms with E-state index in [2.05, 4.69) is 10.3 Å². The Morgan fingerprint density at radius 3 is 2.80 bits per heavy atom. The van der Waals surface area contributed by atoms with Gasteiger partial charge in [0, 0.05) is 42.0 Å².